The first-order valence-corrected chi connectivity index (χ1v) is 8.26. The fourth-order valence-electron chi connectivity index (χ4n) is 3.02. The Labute approximate surface area is 129 Å². The maximum atomic E-state index is 5.47. The summed E-state index contributed by atoms with van der Waals surface area (Å²) < 4.78 is 10.7. The van der Waals surface area contributed by atoms with Gasteiger partial charge in [-0.3, -0.25) is 0 Å². The van der Waals surface area contributed by atoms with Crippen LogP contribution in [0.2, 0.25) is 0 Å². The number of hydrogen-bond donors (Lipinski definition) is 1. The van der Waals surface area contributed by atoms with E-state index < -0.39 is 0 Å². The summed E-state index contributed by atoms with van der Waals surface area (Å²) in [6.07, 6.45) is 5.98. The zero-order valence-corrected chi connectivity index (χ0v) is 13.4. The minimum atomic E-state index is 0.571. The fourth-order valence-corrected chi connectivity index (χ4v) is 3.02. The molecule has 3 nitrogen and oxygen atoms in total. The number of nitrogens with one attached hydrogen (secondary N) is 1. The highest BCUT2D eigenvalue weighted by Crippen LogP contribution is 2.22. The van der Waals surface area contributed by atoms with Crippen LogP contribution in [0.3, 0.4) is 0 Å². The second-order valence-corrected chi connectivity index (χ2v) is 5.99. The lowest BCUT2D eigenvalue weighted by Crippen LogP contribution is -2.35. The Hall–Kier alpha value is -1.06. The van der Waals surface area contributed by atoms with Crippen molar-refractivity contribution in [3.8, 4) is 5.75 Å². The molecule has 1 N–H and O–H groups in total. The van der Waals surface area contributed by atoms with Gasteiger partial charge in [-0.05, 0) is 62.3 Å². The predicted molar refractivity (Wildman–Crippen MR) is 86.9 cm³/mol. The van der Waals surface area contributed by atoms with Gasteiger partial charge in [-0.25, -0.2) is 0 Å². The molecule has 1 aromatic rings. The molecule has 1 aromatic carbocycles. The molecule has 118 valence electrons. The summed E-state index contributed by atoms with van der Waals surface area (Å²) in [5.74, 6) is 1.74. The standard InChI is InChI=1S/C18H29NO2/c1-3-10-19-17(14-16-8-11-21-12-9-16)13-15-4-6-18(20-2)7-5-15/h4-7,16-17,19H,3,8-14H2,1-2H3. The van der Waals surface area contributed by atoms with Crippen molar-refractivity contribution in [2.75, 3.05) is 26.9 Å². The number of benzene rings is 1. The SMILES string of the molecule is CCCNC(Cc1ccc(OC)cc1)CC1CCOCC1. The molecule has 0 bridgehead atoms. The van der Waals surface area contributed by atoms with Crippen molar-refractivity contribution in [1.82, 2.24) is 5.32 Å². The van der Waals surface area contributed by atoms with Crippen LogP contribution in [0.25, 0.3) is 0 Å². The van der Waals surface area contributed by atoms with E-state index in [2.05, 4.69) is 36.5 Å². The molecule has 0 aromatic heterocycles. The average molecular weight is 291 g/mol. The second-order valence-electron chi connectivity index (χ2n) is 5.99. The Bertz CT molecular complexity index is 385. The summed E-state index contributed by atoms with van der Waals surface area (Å²) in [5.41, 5.74) is 1.39. The highest BCUT2D eigenvalue weighted by atomic mass is 16.5. The third kappa shape index (κ3) is 5.68. The lowest BCUT2D eigenvalue weighted by molar-refractivity contribution is 0.0605. The summed E-state index contributed by atoms with van der Waals surface area (Å²) in [6.45, 7) is 5.21. The molecule has 0 saturated carbocycles. The number of methoxy groups -OCH3 is 1. The first-order chi connectivity index (χ1) is 10.3. The van der Waals surface area contributed by atoms with E-state index in [9.17, 15) is 0 Å². The topological polar surface area (TPSA) is 30.5 Å². The quantitative estimate of drug-likeness (QED) is 0.796. The smallest absolute Gasteiger partial charge is 0.118 e. The Morgan fingerprint density at radius 3 is 2.57 bits per heavy atom. The summed E-state index contributed by atoms with van der Waals surface area (Å²) in [4.78, 5) is 0. The van der Waals surface area contributed by atoms with Crippen LogP contribution in [0.1, 0.15) is 38.2 Å². The highest BCUT2D eigenvalue weighted by molar-refractivity contribution is 5.27. The minimum Gasteiger partial charge on any atom is -0.497 e. The molecule has 0 spiro atoms. The van der Waals surface area contributed by atoms with E-state index >= 15 is 0 Å². The van der Waals surface area contributed by atoms with Crippen molar-refractivity contribution in [3.05, 3.63) is 29.8 Å². The predicted octanol–water partition coefficient (Wildman–Crippen LogP) is 3.42. The van der Waals surface area contributed by atoms with Crippen LogP contribution in [-0.2, 0) is 11.2 Å². The van der Waals surface area contributed by atoms with Gasteiger partial charge in [0, 0.05) is 19.3 Å². The first-order valence-electron chi connectivity index (χ1n) is 8.26. The molecule has 0 amide bonds. The average Bonchev–Trinajstić information content (AvgIpc) is 2.54. The highest BCUT2D eigenvalue weighted by Gasteiger charge is 2.19. The molecule has 1 saturated heterocycles. The summed E-state index contributed by atoms with van der Waals surface area (Å²) in [7, 11) is 1.71. The van der Waals surface area contributed by atoms with Crippen molar-refractivity contribution in [2.45, 2.75) is 45.1 Å². The molecule has 21 heavy (non-hydrogen) atoms. The zero-order chi connectivity index (χ0) is 14.9. The third-order valence-corrected chi connectivity index (χ3v) is 4.28. The van der Waals surface area contributed by atoms with Gasteiger partial charge in [0.1, 0.15) is 5.75 Å². The van der Waals surface area contributed by atoms with Gasteiger partial charge in [0.25, 0.3) is 0 Å². The lowest BCUT2D eigenvalue weighted by atomic mass is 9.89. The molecule has 0 aliphatic carbocycles. The maximum Gasteiger partial charge on any atom is 0.118 e. The Kier molecular flexibility index (Phi) is 7.04. The van der Waals surface area contributed by atoms with E-state index in [4.69, 9.17) is 9.47 Å². The third-order valence-electron chi connectivity index (χ3n) is 4.28. The fraction of sp³-hybridized carbons (Fsp3) is 0.667. The molecule has 1 fully saturated rings. The molecule has 3 heteroatoms. The largest absolute Gasteiger partial charge is 0.497 e. The molecular formula is C18H29NO2. The minimum absolute atomic E-state index is 0.571. The summed E-state index contributed by atoms with van der Waals surface area (Å²) in [6, 6.07) is 9.05. The Morgan fingerprint density at radius 1 is 1.24 bits per heavy atom. The van der Waals surface area contributed by atoms with Crippen molar-refractivity contribution in [2.24, 2.45) is 5.92 Å². The van der Waals surface area contributed by atoms with Crippen LogP contribution < -0.4 is 10.1 Å². The van der Waals surface area contributed by atoms with Gasteiger partial charge in [-0.2, -0.15) is 0 Å². The number of ether oxygens (including phenoxy) is 2. The Balaban J connectivity index is 1.90. The van der Waals surface area contributed by atoms with Crippen LogP contribution in [0.5, 0.6) is 5.75 Å². The summed E-state index contributed by atoms with van der Waals surface area (Å²) in [5, 5.41) is 3.72. The monoisotopic (exact) mass is 291 g/mol. The van der Waals surface area contributed by atoms with E-state index in [0.717, 1.165) is 37.8 Å². The number of hydrogen-bond acceptors (Lipinski definition) is 3. The molecule has 1 atom stereocenters. The summed E-state index contributed by atoms with van der Waals surface area (Å²) >= 11 is 0. The van der Waals surface area contributed by atoms with Crippen molar-refractivity contribution in [1.29, 1.82) is 0 Å². The van der Waals surface area contributed by atoms with Crippen LogP contribution in [0.15, 0.2) is 24.3 Å². The second kappa shape index (κ2) is 9.06. The van der Waals surface area contributed by atoms with Crippen LogP contribution in [-0.4, -0.2) is 32.9 Å². The van der Waals surface area contributed by atoms with E-state index in [-0.39, 0.29) is 0 Å². The lowest BCUT2D eigenvalue weighted by Gasteiger charge is -2.27. The van der Waals surface area contributed by atoms with Gasteiger partial charge in [-0.15, -0.1) is 0 Å². The molecular weight excluding hydrogens is 262 g/mol. The molecule has 2 rings (SSSR count). The van der Waals surface area contributed by atoms with Gasteiger partial charge < -0.3 is 14.8 Å². The van der Waals surface area contributed by atoms with Gasteiger partial charge >= 0.3 is 0 Å². The maximum absolute atomic E-state index is 5.47. The van der Waals surface area contributed by atoms with Crippen LogP contribution in [0, 0.1) is 5.92 Å². The van der Waals surface area contributed by atoms with Crippen molar-refractivity contribution >= 4 is 0 Å². The molecule has 0 radical (unpaired) electrons. The normalized spacial score (nSPS) is 17.6. The van der Waals surface area contributed by atoms with Gasteiger partial charge in [0.15, 0.2) is 0 Å². The van der Waals surface area contributed by atoms with E-state index in [1.54, 1.807) is 7.11 Å². The van der Waals surface area contributed by atoms with Crippen molar-refractivity contribution < 1.29 is 9.47 Å². The van der Waals surface area contributed by atoms with Gasteiger partial charge in [0.05, 0.1) is 7.11 Å². The van der Waals surface area contributed by atoms with Gasteiger partial charge in [-0.1, -0.05) is 19.1 Å². The van der Waals surface area contributed by atoms with Gasteiger partial charge in [0.2, 0.25) is 0 Å². The van der Waals surface area contributed by atoms with Crippen LogP contribution in [0.4, 0.5) is 0 Å². The van der Waals surface area contributed by atoms with E-state index in [1.807, 2.05) is 0 Å². The number of rotatable bonds is 8. The van der Waals surface area contributed by atoms with Crippen molar-refractivity contribution in [3.63, 3.8) is 0 Å². The molecule has 1 heterocycles. The molecule has 1 unspecified atom stereocenters. The Morgan fingerprint density at radius 2 is 1.95 bits per heavy atom. The first kappa shape index (κ1) is 16.3. The molecule has 1 aliphatic heterocycles. The van der Waals surface area contributed by atoms with E-state index in [0.29, 0.717) is 6.04 Å². The van der Waals surface area contributed by atoms with E-state index in [1.165, 1.54) is 31.2 Å². The zero-order valence-electron chi connectivity index (χ0n) is 13.4. The molecule has 1 aliphatic rings. The van der Waals surface area contributed by atoms with Crippen LogP contribution >= 0.6 is 0 Å².